The molecule has 0 aromatic heterocycles. The van der Waals surface area contributed by atoms with Crippen molar-refractivity contribution in [3.8, 4) is 0 Å². The predicted octanol–water partition coefficient (Wildman–Crippen LogP) is 4.40. The van der Waals surface area contributed by atoms with Gasteiger partial charge in [-0.3, -0.25) is 9.59 Å². The van der Waals surface area contributed by atoms with Gasteiger partial charge in [0, 0.05) is 25.7 Å². The fraction of sp³-hybridized carbons (Fsp3) is 0.292. The molecule has 0 radical (unpaired) electrons. The minimum absolute atomic E-state index is 0.0334. The van der Waals surface area contributed by atoms with Crippen LogP contribution >= 0.6 is 0 Å². The van der Waals surface area contributed by atoms with Crippen molar-refractivity contribution in [3.63, 3.8) is 0 Å². The molecule has 0 fully saturated rings. The number of carbonyl (C=O) groups is 3. The molecule has 0 bridgehead atoms. The van der Waals surface area contributed by atoms with Crippen LogP contribution in [0.25, 0.3) is 5.57 Å². The molecule has 0 saturated carbocycles. The SMILES string of the molecule is CCOC(=O)N1CCC(c2ccc(NC(=O)c3c(F)cccc3F)cc2)=C(COC(C)=O)C1. The maximum Gasteiger partial charge on any atom is 0.410 e. The lowest BCUT2D eigenvalue weighted by molar-refractivity contribution is -0.140. The van der Waals surface area contributed by atoms with E-state index in [0.717, 1.165) is 28.8 Å². The topological polar surface area (TPSA) is 84.9 Å². The third-order valence-corrected chi connectivity index (χ3v) is 5.10. The van der Waals surface area contributed by atoms with Crippen LogP contribution in [0.15, 0.2) is 48.0 Å². The number of rotatable bonds is 6. The maximum atomic E-state index is 13.8. The first kappa shape index (κ1) is 23.9. The summed E-state index contributed by atoms with van der Waals surface area (Å²) in [6.07, 6.45) is 0.0805. The van der Waals surface area contributed by atoms with E-state index in [0.29, 0.717) is 18.7 Å². The van der Waals surface area contributed by atoms with E-state index in [4.69, 9.17) is 9.47 Å². The van der Waals surface area contributed by atoms with Crippen molar-refractivity contribution in [2.45, 2.75) is 20.3 Å². The van der Waals surface area contributed by atoms with Gasteiger partial charge in [-0.05, 0) is 54.3 Å². The lowest BCUT2D eigenvalue weighted by atomic mass is 9.93. The summed E-state index contributed by atoms with van der Waals surface area (Å²) >= 11 is 0. The minimum Gasteiger partial charge on any atom is -0.461 e. The van der Waals surface area contributed by atoms with Gasteiger partial charge in [0.1, 0.15) is 23.8 Å². The molecular weight excluding hydrogens is 434 g/mol. The molecule has 0 spiro atoms. The van der Waals surface area contributed by atoms with E-state index < -0.39 is 35.2 Å². The summed E-state index contributed by atoms with van der Waals surface area (Å²) in [4.78, 5) is 37.3. The number of amides is 2. The lowest BCUT2D eigenvalue weighted by Gasteiger charge is -2.30. The molecule has 7 nitrogen and oxygen atoms in total. The molecule has 1 aliphatic heterocycles. The van der Waals surface area contributed by atoms with Gasteiger partial charge < -0.3 is 19.7 Å². The van der Waals surface area contributed by atoms with E-state index in [1.165, 1.54) is 13.0 Å². The zero-order valence-electron chi connectivity index (χ0n) is 18.3. The Morgan fingerprint density at radius 3 is 2.30 bits per heavy atom. The first-order valence-corrected chi connectivity index (χ1v) is 10.4. The van der Waals surface area contributed by atoms with Gasteiger partial charge in [0.05, 0.1) is 6.61 Å². The highest BCUT2D eigenvalue weighted by Gasteiger charge is 2.25. The monoisotopic (exact) mass is 458 g/mol. The first-order chi connectivity index (χ1) is 15.8. The zero-order valence-corrected chi connectivity index (χ0v) is 18.3. The predicted molar refractivity (Wildman–Crippen MR) is 118 cm³/mol. The minimum atomic E-state index is -0.947. The first-order valence-electron chi connectivity index (χ1n) is 10.4. The van der Waals surface area contributed by atoms with E-state index in [2.05, 4.69) is 5.32 Å². The smallest absolute Gasteiger partial charge is 0.410 e. The number of anilines is 1. The molecule has 1 aliphatic rings. The summed E-state index contributed by atoms with van der Waals surface area (Å²) in [5.74, 6) is -3.22. The average molecular weight is 458 g/mol. The number of nitrogens with zero attached hydrogens (tertiary/aromatic N) is 1. The molecule has 0 unspecified atom stereocenters. The Morgan fingerprint density at radius 1 is 1.03 bits per heavy atom. The van der Waals surface area contributed by atoms with Crippen LogP contribution in [0.4, 0.5) is 19.3 Å². The Kier molecular flexibility index (Phi) is 7.76. The van der Waals surface area contributed by atoms with Crippen LogP contribution in [-0.2, 0) is 14.3 Å². The number of benzene rings is 2. The number of nitrogens with one attached hydrogen (secondary N) is 1. The number of ether oxygens (including phenoxy) is 2. The van der Waals surface area contributed by atoms with Crippen molar-refractivity contribution in [3.05, 3.63) is 70.8 Å². The van der Waals surface area contributed by atoms with Crippen LogP contribution in [0.5, 0.6) is 0 Å². The van der Waals surface area contributed by atoms with E-state index in [1.807, 2.05) is 0 Å². The number of carbonyl (C=O) groups excluding carboxylic acids is 3. The highest BCUT2D eigenvalue weighted by molar-refractivity contribution is 6.04. The molecule has 2 amide bonds. The van der Waals surface area contributed by atoms with E-state index in [1.54, 1.807) is 36.1 Å². The third kappa shape index (κ3) is 5.94. The lowest BCUT2D eigenvalue weighted by Crippen LogP contribution is -2.38. The summed E-state index contributed by atoms with van der Waals surface area (Å²) in [7, 11) is 0. The van der Waals surface area contributed by atoms with Crippen LogP contribution < -0.4 is 5.32 Å². The van der Waals surface area contributed by atoms with Crippen LogP contribution in [0.1, 0.15) is 36.2 Å². The van der Waals surface area contributed by atoms with Crippen LogP contribution in [0, 0.1) is 11.6 Å². The quantitative estimate of drug-likeness (QED) is 0.649. The standard InChI is InChI=1S/C24H24F2N2O5/c1-3-32-24(31)28-12-11-19(17(13-28)14-33-15(2)29)16-7-9-18(10-8-16)27-23(30)22-20(25)5-4-6-21(22)26/h4-10H,3,11-14H2,1-2H3,(H,27,30). The molecule has 3 rings (SSSR count). The van der Waals surface area contributed by atoms with Gasteiger partial charge >= 0.3 is 12.1 Å². The molecule has 174 valence electrons. The average Bonchev–Trinajstić information content (AvgIpc) is 2.78. The van der Waals surface area contributed by atoms with Gasteiger partial charge in [0.2, 0.25) is 0 Å². The van der Waals surface area contributed by atoms with Crippen LogP contribution in [0.2, 0.25) is 0 Å². The Morgan fingerprint density at radius 2 is 1.70 bits per heavy atom. The Balaban J connectivity index is 1.80. The molecule has 1 N–H and O–H groups in total. The largest absolute Gasteiger partial charge is 0.461 e. The molecule has 33 heavy (non-hydrogen) atoms. The van der Waals surface area contributed by atoms with E-state index in [-0.39, 0.29) is 19.8 Å². The Bertz CT molecular complexity index is 1060. The fourth-order valence-electron chi connectivity index (χ4n) is 3.53. The second kappa shape index (κ2) is 10.7. The van der Waals surface area contributed by atoms with Gasteiger partial charge in [-0.1, -0.05) is 18.2 Å². The second-order valence-electron chi connectivity index (χ2n) is 7.36. The highest BCUT2D eigenvalue weighted by Crippen LogP contribution is 2.29. The summed E-state index contributed by atoms with van der Waals surface area (Å²) in [5, 5.41) is 2.48. The fourth-order valence-corrected chi connectivity index (χ4v) is 3.53. The molecule has 0 atom stereocenters. The Hall–Kier alpha value is -3.75. The Labute approximate surface area is 190 Å². The van der Waals surface area contributed by atoms with Crippen molar-refractivity contribution in [2.75, 3.05) is 31.6 Å². The van der Waals surface area contributed by atoms with Gasteiger partial charge in [0.15, 0.2) is 0 Å². The van der Waals surface area contributed by atoms with Crippen molar-refractivity contribution in [1.82, 2.24) is 4.90 Å². The normalized spacial score (nSPS) is 13.5. The van der Waals surface area contributed by atoms with Crippen molar-refractivity contribution < 1.29 is 32.6 Å². The number of hydrogen-bond acceptors (Lipinski definition) is 5. The van der Waals surface area contributed by atoms with E-state index >= 15 is 0 Å². The van der Waals surface area contributed by atoms with Gasteiger partial charge in [0.25, 0.3) is 5.91 Å². The van der Waals surface area contributed by atoms with Gasteiger partial charge in [-0.25, -0.2) is 13.6 Å². The summed E-state index contributed by atoms with van der Waals surface area (Å²) < 4.78 is 37.9. The third-order valence-electron chi connectivity index (χ3n) is 5.10. The van der Waals surface area contributed by atoms with Gasteiger partial charge in [-0.15, -0.1) is 0 Å². The summed E-state index contributed by atoms with van der Waals surface area (Å²) in [5.41, 5.74) is 2.19. The molecule has 2 aromatic carbocycles. The van der Waals surface area contributed by atoms with Crippen molar-refractivity contribution in [2.24, 2.45) is 0 Å². The summed E-state index contributed by atoms with van der Waals surface area (Å²) in [6.45, 7) is 4.02. The van der Waals surface area contributed by atoms with Gasteiger partial charge in [-0.2, -0.15) is 0 Å². The van der Waals surface area contributed by atoms with Crippen LogP contribution in [-0.4, -0.2) is 49.2 Å². The number of esters is 1. The van der Waals surface area contributed by atoms with Crippen molar-refractivity contribution >= 4 is 29.2 Å². The molecule has 2 aromatic rings. The number of halogens is 2. The molecule has 0 aliphatic carbocycles. The molecule has 0 saturated heterocycles. The van der Waals surface area contributed by atoms with Crippen LogP contribution in [0.3, 0.4) is 0 Å². The highest BCUT2D eigenvalue weighted by atomic mass is 19.1. The molecule has 9 heteroatoms. The van der Waals surface area contributed by atoms with Crippen molar-refractivity contribution in [1.29, 1.82) is 0 Å². The zero-order chi connectivity index (χ0) is 24.0. The number of hydrogen-bond donors (Lipinski definition) is 1. The second-order valence-corrected chi connectivity index (χ2v) is 7.36. The summed E-state index contributed by atoms with van der Waals surface area (Å²) in [6, 6.07) is 9.93. The molecule has 1 heterocycles. The maximum absolute atomic E-state index is 13.8. The molecular formula is C24H24F2N2O5. The van der Waals surface area contributed by atoms with E-state index in [9.17, 15) is 23.2 Å².